The van der Waals surface area contributed by atoms with Crippen molar-refractivity contribution in [2.45, 2.75) is 39.0 Å². The van der Waals surface area contributed by atoms with E-state index in [1.807, 2.05) is 36.1 Å². The van der Waals surface area contributed by atoms with Crippen LogP contribution < -0.4 is 0 Å². The SMILES string of the molecule is Cc1nc(C(=O)N2CC[C@@H]3CCCC[C@H]3C2)nn1-c1ccc(Cl)cc1. The number of hydrogen-bond acceptors (Lipinski definition) is 3. The van der Waals surface area contributed by atoms with E-state index in [0.29, 0.717) is 22.6 Å². The van der Waals surface area contributed by atoms with Gasteiger partial charge >= 0.3 is 0 Å². The predicted octanol–water partition coefficient (Wildman–Crippen LogP) is 3.88. The first-order valence-electron chi connectivity index (χ1n) is 9.10. The van der Waals surface area contributed by atoms with Gasteiger partial charge in [0.25, 0.3) is 5.91 Å². The van der Waals surface area contributed by atoms with Crippen molar-refractivity contribution >= 4 is 17.5 Å². The lowest BCUT2D eigenvalue weighted by molar-refractivity contribution is 0.0510. The molecule has 132 valence electrons. The second kappa shape index (κ2) is 6.79. The molecule has 1 aliphatic heterocycles. The third kappa shape index (κ3) is 3.30. The predicted molar refractivity (Wildman–Crippen MR) is 97.1 cm³/mol. The number of aryl methyl sites for hydroxylation is 1. The molecule has 1 aliphatic carbocycles. The lowest BCUT2D eigenvalue weighted by atomic mass is 9.75. The first-order valence-corrected chi connectivity index (χ1v) is 9.48. The molecule has 0 spiro atoms. The molecule has 1 saturated carbocycles. The van der Waals surface area contributed by atoms with Gasteiger partial charge in [-0.05, 0) is 55.9 Å². The Morgan fingerprint density at radius 3 is 2.60 bits per heavy atom. The van der Waals surface area contributed by atoms with E-state index in [2.05, 4.69) is 10.1 Å². The molecule has 1 aromatic carbocycles. The van der Waals surface area contributed by atoms with Crippen LogP contribution in [0.3, 0.4) is 0 Å². The minimum atomic E-state index is -0.0418. The number of amides is 1. The van der Waals surface area contributed by atoms with Crippen LogP contribution in [0.5, 0.6) is 0 Å². The topological polar surface area (TPSA) is 51.0 Å². The number of fused-ring (bicyclic) bond motifs is 1. The number of likely N-dealkylation sites (tertiary alicyclic amines) is 1. The first-order chi connectivity index (χ1) is 12.1. The van der Waals surface area contributed by atoms with Gasteiger partial charge < -0.3 is 4.90 Å². The molecule has 25 heavy (non-hydrogen) atoms. The van der Waals surface area contributed by atoms with E-state index in [1.165, 1.54) is 25.7 Å². The molecular weight excluding hydrogens is 336 g/mol. The van der Waals surface area contributed by atoms with Gasteiger partial charge in [-0.15, -0.1) is 5.10 Å². The maximum atomic E-state index is 12.9. The van der Waals surface area contributed by atoms with Gasteiger partial charge in [0.15, 0.2) is 0 Å². The van der Waals surface area contributed by atoms with E-state index in [-0.39, 0.29) is 5.91 Å². The standard InChI is InChI=1S/C19H23ClN4O/c1-13-21-18(22-24(13)17-8-6-16(20)7-9-17)19(25)23-11-10-14-4-2-3-5-15(14)12-23/h6-9,14-15H,2-5,10-12H2,1H3/t14-,15-/m0/s1. The van der Waals surface area contributed by atoms with Gasteiger partial charge in [0.1, 0.15) is 5.82 Å². The number of hydrogen-bond donors (Lipinski definition) is 0. The highest BCUT2D eigenvalue weighted by molar-refractivity contribution is 6.30. The fourth-order valence-electron chi connectivity index (χ4n) is 4.23. The van der Waals surface area contributed by atoms with E-state index in [0.717, 1.165) is 31.1 Å². The van der Waals surface area contributed by atoms with Crippen LogP contribution in [-0.2, 0) is 0 Å². The second-order valence-electron chi connectivity index (χ2n) is 7.22. The molecule has 1 amide bonds. The molecule has 1 saturated heterocycles. The molecule has 0 radical (unpaired) electrons. The molecule has 2 aliphatic rings. The highest BCUT2D eigenvalue weighted by Crippen LogP contribution is 2.36. The summed E-state index contributed by atoms with van der Waals surface area (Å²) < 4.78 is 1.71. The van der Waals surface area contributed by atoms with E-state index in [4.69, 9.17) is 11.6 Å². The van der Waals surface area contributed by atoms with Gasteiger partial charge in [-0.3, -0.25) is 4.79 Å². The summed E-state index contributed by atoms with van der Waals surface area (Å²) in [5.41, 5.74) is 0.861. The van der Waals surface area contributed by atoms with Gasteiger partial charge in [-0.25, -0.2) is 9.67 Å². The fraction of sp³-hybridized carbons (Fsp3) is 0.526. The zero-order valence-corrected chi connectivity index (χ0v) is 15.2. The van der Waals surface area contributed by atoms with Crippen LogP contribution in [0.2, 0.25) is 5.02 Å². The van der Waals surface area contributed by atoms with Crippen LogP contribution in [0.4, 0.5) is 0 Å². The molecule has 2 atom stereocenters. The zero-order valence-electron chi connectivity index (χ0n) is 14.5. The number of halogens is 1. The molecule has 0 unspecified atom stereocenters. The summed E-state index contributed by atoms with van der Waals surface area (Å²) in [6.45, 7) is 3.55. The number of nitrogens with zero attached hydrogens (tertiary/aromatic N) is 4. The Labute approximate surface area is 153 Å². The maximum absolute atomic E-state index is 12.9. The minimum absolute atomic E-state index is 0.0418. The fourth-order valence-corrected chi connectivity index (χ4v) is 4.36. The Hall–Kier alpha value is -1.88. The van der Waals surface area contributed by atoms with Crippen molar-refractivity contribution in [1.82, 2.24) is 19.7 Å². The van der Waals surface area contributed by atoms with Crippen molar-refractivity contribution in [3.05, 3.63) is 40.9 Å². The van der Waals surface area contributed by atoms with Gasteiger partial charge in [0.2, 0.25) is 5.82 Å². The minimum Gasteiger partial charge on any atom is -0.336 e. The van der Waals surface area contributed by atoms with Crippen LogP contribution >= 0.6 is 11.6 Å². The number of aromatic nitrogens is 3. The normalized spacial score (nSPS) is 23.4. The Kier molecular flexibility index (Phi) is 4.50. The summed E-state index contributed by atoms with van der Waals surface area (Å²) in [5.74, 6) is 2.42. The molecule has 2 heterocycles. The van der Waals surface area contributed by atoms with Gasteiger partial charge in [0, 0.05) is 18.1 Å². The molecule has 0 N–H and O–H groups in total. The van der Waals surface area contributed by atoms with Crippen LogP contribution in [-0.4, -0.2) is 38.7 Å². The highest BCUT2D eigenvalue weighted by atomic mass is 35.5. The summed E-state index contributed by atoms with van der Waals surface area (Å²) in [7, 11) is 0. The number of carbonyl (C=O) groups is 1. The number of carbonyl (C=O) groups excluding carboxylic acids is 1. The largest absolute Gasteiger partial charge is 0.336 e. The highest BCUT2D eigenvalue weighted by Gasteiger charge is 2.34. The Morgan fingerprint density at radius 1 is 1.12 bits per heavy atom. The Balaban J connectivity index is 1.53. The zero-order chi connectivity index (χ0) is 17.4. The van der Waals surface area contributed by atoms with E-state index >= 15 is 0 Å². The monoisotopic (exact) mass is 358 g/mol. The smallest absolute Gasteiger partial charge is 0.293 e. The molecule has 5 nitrogen and oxygen atoms in total. The average molecular weight is 359 g/mol. The van der Waals surface area contributed by atoms with Crippen LogP contribution in [0.15, 0.2) is 24.3 Å². The van der Waals surface area contributed by atoms with Crippen molar-refractivity contribution < 1.29 is 4.79 Å². The molecule has 4 rings (SSSR count). The van der Waals surface area contributed by atoms with Crippen molar-refractivity contribution in [1.29, 1.82) is 0 Å². The number of benzene rings is 1. The van der Waals surface area contributed by atoms with Crippen LogP contribution in [0.1, 0.15) is 48.5 Å². The Morgan fingerprint density at radius 2 is 1.84 bits per heavy atom. The van der Waals surface area contributed by atoms with Gasteiger partial charge in [0.05, 0.1) is 5.69 Å². The van der Waals surface area contributed by atoms with E-state index in [1.54, 1.807) is 4.68 Å². The lowest BCUT2D eigenvalue weighted by Gasteiger charge is -2.40. The average Bonchev–Trinajstić information content (AvgIpc) is 3.03. The lowest BCUT2D eigenvalue weighted by Crippen LogP contribution is -2.45. The molecule has 2 fully saturated rings. The Bertz CT molecular complexity index is 770. The molecule has 2 aromatic rings. The molecule has 6 heteroatoms. The third-order valence-corrected chi connectivity index (χ3v) is 5.86. The van der Waals surface area contributed by atoms with Crippen LogP contribution in [0, 0.1) is 18.8 Å². The van der Waals surface area contributed by atoms with Gasteiger partial charge in [-0.1, -0.05) is 30.9 Å². The van der Waals surface area contributed by atoms with Crippen LogP contribution in [0.25, 0.3) is 5.69 Å². The van der Waals surface area contributed by atoms with Crippen molar-refractivity contribution in [2.75, 3.05) is 13.1 Å². The maximum Gasteiger partial charge on any atom is 0.293 e. The molecular formula is C19H23ClN4O. The third-order valence-electron chi connectivity index (χ3n) is 5.61. The molecule has 1 aromatic heterocycles. The van der Waals surface area contributed by atoms with Crippen molar-refractivity contribution in [3.8, 4) is 5.69 Å². The van der Waals surface area contributed by atoms with Crippen molar-refractivity contribution in [2.24, 2.45) is 11.8 Å². The van der Waals surface area contributed by atoms with Gasteiger partial charge in [-0.2, -0.15) is 0 Å². The molecule has 0 bridgehead atoms. The number of piperidine rings is 1. The van der Waals surface area contributed by atoms with Crippen molar-refractivity contribution in [3.63, 3.8) is 0 Å². The summed E-state index contributed by atoms with van der Waals surface area (Å²) in [6.07, 6.45) is 6.34. The van der Waals surface area contributed by atoms with E-state index in [9.17, 15) is 4.79 Å². The summed E-state index contributed by atoms with van der Waals surface area (Å²) in [6, 6.07) is 7.39. The van der Waals surface area contributed by atoms with E-state index < -0.39 is 0 Å². The summed E-state index contributed by atoms with van der Waals surface area (Å²) >= 11 is 5.95. The first kappa shape index (κ1) is 16.6. The number of rotatable bonds is 2. The summed E-state index contributed by atoms with van der Waals surface area (Å²) in [4.78, 5) is 19.3. The second-order valence-corrected chi connectivity index (χ2v) is 7.65. The summed E-state index contributed by atoms with van der Waals surface area (Å²) in [5, 5.41) is 5.13. The quantitative estimate of drug-likeness (QED) is 0.818.